The van der Waals surface area contributed by atoms with Gasteiger partial charge in [0.15, 0.2) is 0 Å². The van der Waals surface area contributed by atoms with Gasteiger partial charge in [-0.05, 0) is 53.4 Å². The van der Waals surface area contributed by atoms with Crippen LogP contribution in [-0.4, -0.2) is 48.9 Å². The molecule has 0 aromatic carbocycles. The zero-order valence-corrected chi connectivity index (χ0v) is 16.9. The zero-order valence-electron chi connectivity index (χ0n) is 15.3. The molecular formula is C16H32Cl2N6. The smallest absolute Gasteiger partial charge is 0.133 e. The van der Waals surface area contributed by atoms with Crippen LogP contribution in [0.15, 0.2) is 20.2 Å². The molecule has 0 amide bonds. The summed E-state index contributed by atoms with van der Waals surface area (Å²) < 4.78 is 0. The van der Waals surface area contributed by atoms with Crippen LogP contribution in [0.5, 0.6) is 0 Å². The van der Waals surface area contributed by atoms with Gasteiger partial charge in [0.05, 0.1) is 0 Å². The third kappa shape index (κ3) is 6.55. The van der Waals surface area contributed by atoms with Crippen LogP contribution >= 0.6 is 24.8 Å². The molecule has 0 spiro atoms. The lowest BCUT2D eigenvalue weighted by molar-refractivity contribution is 0.545. The van der Waals surface area contributed by atoms with Gasteiger partial charge >= 0.3 is 0 Å². The number of nitrogens with zero attached hydrogens (tertiary/aromatic N) is 4. The predicted molar refractivity (Wildman–Crippen MR) is 107 cm³/mol. The van der Waals surface area contributed by atoms with E-state index < -0.39 is 11.1 Å². The molecule has 24 heavy (non-hydrogen) atoms. The van der Waals surface area contributed by atoms with E-state index >= 15 is 0 Å². The van der Waals surface area contributed by atoms with Crippen molar-refractivity contribution in [3.63, 3.8) is 0 Å². The lowest BCUT2D eigenvalue weighted by Gasteiger charge is -2.26. The van der Waals surface area contributed by atoms with Gasteiger partial charge in [-0.3, -0.25) is 9.98 Å². The highest BCUT2D eigenvalue weighted by Gasteiger charge is 2.30. The molecule has 8 heteroatoms. The summed E-state index contributed by atoms with van der Waals surface area (Å²) in [6.45, 7) is 11.9. The molecule has 0 atom stereocenters. The van der Waals surface area contributed by atoms with Crippen molar-refractivity contribution in [2.75, 3.05) is 26.2 Å². The molecule has 0 saturated carbocycles. The average Bonchev–Trinajstić information content (AvgIpc) is 2.90. The second-order valence-corrected chi connectivity index (χ2v) is 7.05. The van der Waals surface area contributed by atoms with Crippen molar-refractivity contribution in [1.29, 1.82) is 0 Å². The van der Waals surface area contributed by atoms with Gasteiger partial charge in [0, 0.05) is 26.2 Å². The summed E-state index contributed by atoms with van der Waals surface area (Å²) in [4.78, 5) is 9.26. The van der Waals surface area contributed by atoms with Crippen molar-refractivity contribution in [1.82, 2.24) is 10.6 Å². The molecular weight excluding hydrogens is 347 g/mol. The van der Waals surface area contributed by atoms with Gasteiger partial charge in [0.2, 0.25) is 0 Å². The lowest BCUT2D eigenvalue weighted by atomic mass is 10.0. The second-order valence-electron chi connectivity index (χ2n) is 7.05. The number of rotatable bonds is 4. The first-order valence-electron chi connectivity index (χ1n) is 8.43. The van der Waals surface area contributed by atoms with Crippen LogP contribution in [0.2, 0.25) is 0 Å². The highest BCUT2D eigenvalue weighted by atomic mass is 35.5. The molecule has 6 nitrogen and oxygen atoms in total. The average molecular weight is 379 g/mol. The lowest BCUT2D eigenvalue weighted by Crippen LogP contribution is -2.43. The van der Waals surface area contributed by atoms with Gasteiger partial charge in [-0.15, -0.1) is 24.8 Å². The Balaban J connectivity index is 0.00000264. The Bertz CT molecular complexity index is 429. The summed E-state index contributed by atoms with van der Waals surface area (Å²) in [5.74, 6) is 1.89. The number of halogens is 2. The Morgan fingerprint density at radius 1 is 0.708 bits per heavy atom. The molecule has 0 radical (unpaired) electrons. The molecule has 0 aromatic heterocycles. The van der Waals surface area contributed by atoms with Crippen LogP contribution in [0.25, 0.3) is 0 Å². The van der Waals surface area contributed by atoms with E-state index in [2.05, 4.69) is 58.5 Å². The van der Waals surface area contributed by atoms with Crippen molar-refractivity contribution in [2.24, 2.45) is 20.2 Å². The predicted octanol–water partition coefficient (Wildman–Crippen LogP) is 3.40. The SMILES string of the molecule is CC(C)(N=NC(C)(C)C1=NCCCCN1)C1=NCCCCN1.Cl.Cl. The molecule has 0 fully saturated rings. The van der Waals surface area contributed by atoms with Gasteiger partial charge < -0.3 is 10.6 Å². The minimum absolute atomic E-state index is 0. The number of amidine groups is 2. The molecule has 2 aliphatic heterocycles. The summed E-state index contributed by atoms with van der Waals surface area (Å²) in [7, 11) is 0. The number of azo groups is 1. The molecule has 140 valence electrons. The Labute approximate surface area is 158 Å². The van der Waals surface area contributed by atoms with E-state index in [1.165, 1.54) is 0 Å². The van der Waals surface area contributed by atoms with E-state index in [4.69, 9.17) is 0 Å². The minimum atomic E-state index is -0.424. The summed E-state index contributed by atoms with van der Waals surface area (Å²) in [6.07, 6.45) is 4.59. The van der Waals surface area contributed by atoms with Gasteiger partial charge in [-0.25, -0.2) is 0 Å². The van der Waals surface area contributed by atoms with Gasteiger partial charge in [0.1, 0.15) is 22.7 Å². The van der Waals surface area contributed by atoms with E-state index in [-0.39, 0.29) is 24.8 Å². The molecule has 0 aliphatic carbocycles. The van der Waals surface area contributed by atoms with Crippen molar-refractivity contribution >= 4 is 36.5 Å². The van der Waals surface area contributed by atoms with Crippen molar-refractivity contribution < 1.29 is 0 Å². The summed E-state index contributed by atoms with van der Waals surface area (Å²) in [6, 6.07) is 0. The maximum Gasteiger partial charge on any atom is 0.133 e. The fourth-order valence-corrected chi connectivity index (χ4v) is 2.54. The Kier molecular flexibility index (Phi) is 9.81. The quantitative estimate of drug-likeness (QED) is 0.735. The maximum atomic E-state index is 4.63. The Morgan fingerprint density at radius 2 is 1.08 bits per heavy atom. The van der Waals surface area contributed by atoms with E-state index in [0.29, 0.717) is 0 Å². The molecule has 2 aliphatic rings. The van der Waals surface area contributed by atoms with Crippen molar-refractivity contribution in [3.8, 4) is 0 Å². The van der Waals surface area contributed by atoms with E-state index in [9.17, 15) is 0 Å². The molecule has 2 heterocycles. The third-order valence-corrected chi connectivity index (χ3v) is 4.00. The number of hydrogen-bond acceptors (Lipinski definition) is 6. The first-order chi connectivity index (χ1) is 10.4. The Hall–Kier alpha value is -0.880. The van der Waals surface area contributed by atoms with Gasteiger partial charge in [-0.1, -0.05) is 0 Å². The molecule has 0 saturated heterocycles. The van der Waals surface area contributed by atoms with Crippen LogP contribution in [0.1, 0.15) is 53.4 Å². The van der Waals surface area contributed by atoms with Crippen LogP contribution in [-0.2, 0) is 0 Å². The molecule has 2 rings (SSSR count). The number of hydrogen-bond donors (Lipinski definition) is 2. The fourth-order valence-electron chi connectivity index (χ4n) is 2.54. The third-order valence-electron chi connectivity index (χ3n) is 4.00. The van der Waals surface area contributed by atoms with Crippen LogP contribution in [0.3, 0.4) is 0 Å². The maximum absolute atomic E-state index is 4.63. The summed E-state index contributed by atoms with van der Waals surface area (Å²) in [5, 5.41) is 16.0. The van der Waals surface area contributed by atoms with Crippen LogP contribution in [0.4, 0.5) is 0 Å². The second kappa shape index (κ2) is 10.2. The van der Waals surface area contributed by atoms with E-state index in [1.54, 1.807) is 0 Å². The highest BCUT2D eigenvalue weighted by Crippen LogP contribution is 2.19. The van der Waals surface area contributed by atoms with Crippen molar-refractivity contribution in [2.45, 2.75) is 64.5 Å². The molecule has 0 unspecified atom stereocenters. The normalized spacial score (nSPS) is 19.5. The summed E-state index contributed by atoms with van der Waals surface area (Å²) in [5.41, 5.74) is -0.847. The zero-order chi connectivity index (χ0) is 16.1. The minimum Gasteiger partial charge on any atom is -0.372 e. The monoisotopic (exact) mass is 378 g/mol. The van der Waals surface area contributed by atoms with E-state index in [0.717, 1.165) is 63.5 Å². The molecule has 0 aromatic rings. The first kappa shape index (κ1) is 23.1. The highest BCUT2D eigenvalue weighted by molar-refractivity contribution is 5.92. The summed E-state index contributed by atoms with van der Waals surface area (Å²) >= 11 is 0. The molecule has 0 bridgehead atoms. The first-order valence-corrected chi connectivity index (χ1v) is 8.43. The van der Waals surface area contributed by atoms with E-state index in [1.807, 2.05) is 0 Å². The Morgan fingerprint density at radius 3 is 1.46 bits per heavy atom. The molecule has 2 N–H and O–H groups in total. The number of aliphatic imine (C=N–C) groups is 2. The van der Waals surface area contributed by atoms with Crippen molar-refractivity contribution in [3.05, 3.63) is 0 Å². The topological polar surface area (TPSA) is 73.5 Å². The van der Waals surface area contributed by atoms with Crippen LogP contribution < -0.4 is 10.6 Å². The number of nitrogens with one attached hydrogen (secondary N) is 2. The largest absolute Gasteiger partial charge is 0.372 e. The van der Waals surface area contributed by atoms with Gasteiger partial charge in [0.25, 0.3) is 0 Å². The fraction of sp³-hybridized carbons (Fsp3) is 0.875. The van der Waals surface area contributed by atoms with Gasteiger partial charge in [-0.2, -0.15) is 10.2 Å². The standard InChI is InChI=1S/C16H30N6.2ClH/c1-15(2,13-17-9-5-6-10-18-13)21-22-16(3,4)14-19-11-7-8-12-20-14;;/h5-12H2,1-4H3,(H,17,18)(H,19,20);2*1H. The van der Waals surface area contributed by atoms with Crippen LogP contribution in [0, 0.1) is 0 Å².